The molecule has 2 saturated heterocycles. The lowest BCUT2D eigenvalue weighted by atomic mass is 9.91. The van der Waals surface area contributed by atoms with E-state index >= 15 is 0 Å². The number of alkyl carbamates (subject to hydrolysis) is 1. The normalized spacial score (nSPS) is 33.5. The molecule has 0 unspecified atom stereocenters. The zero-order valence-corrected chi connectivity index (χ0v) is 9.22. The van der Waals surface area contributed by atoms with Crippen molar-refractivity contribution in [2.24, 2.45) is 0 Å². The second kappa shape index (κ2) is 3.49. The molecule has 0 aromatic heterocycles. The molecule has 94 valence electrons. The molecule has 0 atom stereocenters. The summed E-state index contributed by atoms with van der Waals surface area (Å²) >= 11 is 0. The average Bonchev–Trinajstić information content (AvgIpc) is 2.56. The number of likely N-dealkylation sites (tertiary alicyclic amines) is 1. The predicted octanol–water partition coefficient (Wildman–Crippen LogP) is -0.560. The summed E-state index contributed by atoms with van der Waals surface area (Å²) in [6.45, 7) is 1.15. The number of aliphatic hydroxyl groups is 1. The van der Waals surface area contributed by atoms with Gasteiger partial charge in [-0.15, -0.1) is 0 Å². The van der Waals surface area contributed by atoms with Crippen molar-refractivity contribution in [2.45, 2.75) is 30.6 Å². The number of ether oxygens (including phenoxy) is 2. The Kier molecular flexibility index (Phi) is 2.19. The number of carbonyl (C=O) groups is 2. The van der Waals surface area contributed by atoms with Crippen molar-refractivity contribution >= 4 is 12.2 Å². The molecule has 3 fully saturated rings. The van der Waals surface area contributed by atoms with Crippen LogP contribution in [0.3, 0.4) is 0 Å². The SMILES string of the molecule is O=C1NC2(CO1)CN(C(=O)OC1CC(O)C1)C2. The van der Waals surface area contributed by atoms with E-state index in [1.807, 2.05) is 0 Å². The Morgan fingerprint density at radius 2 is 2.24 bits per heavy atom. The number of amides is 2. The summed E-state index contributed by atoms with van der Waals surface area (Å²) in [4.78, 5) is 24.1. The molecule has 1 aliphatic carbocycles. The van der Waals surface area contributed by atoms with Crippen LogP contribution in [0.15, 0.2) is 0 Å². The standard InChI is InChI=1S/C10H14N2O5/c13-6-1-7(2-6)17-9(15)12-3-10(4-12)5-16-8(14)11-10/h6-7,13H,1-5H2,(H,11,14). The maximum absolute atomic E-state index is 11.6. The highest BCUT2D eigenvalue weighted by molar-refractivity contribution is 5.74. The summed E-state index contributed by atoms with van der Waals surface area (Å²) in [7, 11) is 0. The second-order valence-corrected chi connectivity index (χ2v) is 4.97. The predicted molar refractivity (Wildman–Crippen MR) is 54.3 cm³/mol. The minimum absolute atomic E-state index is 0.163. The van der Waals surface area contributed by atoms with Gasteiger partial charge in [0.1, 0.15) is 18.2 Å². The first-order chi connectivity index (χ1) is 8.06. The number of rotatable bonds is 1. The quantitative estimate of drug-likeness (QED) is 0.643. The highest BCUT2D eigenvalue weighted by Crippen LogP contribution is 2.28. The number of aliphatic hydroxyl groups excluding tert-OH is 1. The molecule has 2 N–H and O–H groups in total. The molecular weight excluding hydrogens is 228 g/mol. The molecule has 0 aromatic carbocycles. The van der Waals surface area contributed by atoms with Crippen molar-refractivity contribution in [3.05, 3.63) is 0 Å². The van der Waals surface area contributed by atoms with E-state index in [0.717, 1.165) is 0 Å². The summed E-state index contributed by atoms with van der Waals surface area (Å²) in [5.41, 5.74) is -0.408. The van der Waals surface area contributed by atoms with Gasteiger partial charge in [0.2, 0.25) is 0 Å². The first-order valence-electron chi connectivity index (χ1n) is 5.65. The van der Waals surface area contributed by atoms with Crippen molar-refractivity contribution in [3.63, 3.8) is 0 Å². The Hall–Kier alpha value is -1.50. The average molecular weight is 242 g/mol. The van der Waals surface area contributed by atoms with Crippen LogP contribution in [0, 0.1) is 0 Å². The van der Waals surface area contributed by atoms with Gasteiger partial charge in [0.05, 0.1) is 19.2 Å². The molecular formula is C10H14N2O5. The van der Waals surface area contributed by atoms with Crippen LogP contribution in [-0.4, -0.2) is 59.6 Å². The second-order valence-electron chi connectivity index (χ2n) is 4.97. The van der Waals surface area contributed by atoms with Gasteiger partial charge < -0.3 is 24.8 Å². The lowest BCUT2D eigenvalue weighted by Crippen LogP contribution is -2.70. The number of cyclic esters (lactones) is 1. The van der Waals surface area contributed by atoms with Crippen molar-refractivity contribution in [1.82, 2.24) is 10.2 Å². The molecule has 3 rings (SSSR count). The smallest absolute Gasteiger partial charge is 0.410 e. The van der Waals surface area contributed by atoms with Crippen molar-refractivity contribution < 1.29 is 24.2 Å². The van der Waals surface area contributed by atoms with Gasteiger partial charge in [-0.3, -0.25) is 0 Å². The topological polar surface area (TPSA) is 88.1 Å². The van der Waals surface area contributed by atoms with Gasteiger partial charge in [-0.05, 0) is 0 Å². The molecule has 7 nitrogen and oxygen atoms in total. The highest BCUT2D eigenvalue weighted by atomic mass is 16.6. The minimum Gasteiger partial charge on any atom is -0.447 e. The molecule has 7 heteroatoms. The van der Waals surface area contributed by atoms with E-state index in [0.29, 0.717) is 32.5 Å². The molecule has 1 spiro atoms. The third kappa shape index (κ3) is 1.80. The van der Waals surface area contributed by atoms with Crippen molar-refractivity contribution in [1.29, 1.82) is 0 Å². The fourth-order valence-electron chi connectivity index (χ4n) is 2.33. The Balaban J connectivity index is 1.45. The van der Waals surface area contributed by atoms with Crippen LogP contribution in [0.25, 0.3) is 0 Å². The number of hydrogen-bond donors (Lipinski definition) is 2. The summed E-state index contributed by atoms with van der Waals surface area (Å²) in [6, 6.07) is 0. The van der Waals surface area contributed by atoms with Gasteiger partial charge in [0, 0.05) is 12.8 Å². The molecule has 0 aromatic rings. The fourth-order valence-corrected chi connectivity index (χ4v) is 2.33. The molecule has 1 saturated carbocycles. The largest absolute Gasteiger partial charge is 0.447 e. The summed E-state index contributed by atoms with van der Waals surface area (Å²) in [5, 5.41) is 11.8. The van der Waals surface area contributed by atoms with E-state index in [2.05, 4.69) is 5.32 Å². The molecule has 2 aliphatic heterocycles. The van der Waals surface area contributed by atoms with Crippen LogP contribution < -0.4 is 5.32 Å². The first kappa shape index (κ1) is 10.6. The van der Waals surface area contributed by atoms with Gasteiger partial charge >= 0.3 is 12.2 Å². The summed E-state index contributed by atoms with van der Waals surface area (Å²) < 4.78 is 9.97. The fraction of sp³-hybridized carbons (Fsp3) is 0.800. The Bertz CT molecular complexity index is 360. The van der Waals surface area contributed by atoms with Gasteiger partial charge in [0.25, 0.3) is 0 Å². The number of hydrogen-bond acceptors (Lipinski definition) is 5. The number of nitrogens with one attached hydrogen (secondary N) is 1. The summed E-state index contributed by atoms with van der Waals surface area (Å²) in [6.07, 6.45) is -0.273. The Labute approximate surface area is 97.7 Å². The van der Waals surface area contributed by atoms with E-state index in [-0.39, 0.29) is 18.3 Å². The minimum atomic E-state index is -0.430. The van der Waals surface area contributed by atoms with Gasteiger partial charge in [-0.25, -0.2) is 9.59 Å². The van der Waals surface area contributed by atoms with E-state index in [1.165, 1.54) is 4.90 Å². The van der Waals surface area contributed by atoms with Crippen LogP contribution in [0.1, 0.15) is 12.8 Å². The zero-order valence-electron chi connectivity index (χ0n) is 9.22. The van der Waals surface area contributed by atoms with E-state index in [9.17, 15) is 9.59 Å². The third-order valence-corrected chi connectivity index (χ3v) is 3.43. The Morgan fingerprint density at radius 3 is 2.76 bits per heavy atom. The van der Waals surface area contributed by atoms with E-state index < -0.39 is 11.6 Å². The van der Waals surface area contributed by atoms with Gasteiger partial charge in [-0.1, -0.05) is 0 Å². The van der Waals surface area contributed by atoms with Crippen molar-refractivity contribution in [2.75, 3.05) is 19.7 Å². The lowest BCUT2D eigenvalue weighted by molar-refractivity contribution is -0.0582. The number of nitrogens with zero attached hydrogens (tertiary/aromatic N) is 1. The van der Waals surface area contributed by atoms with Gasteiger partial charge in [-0.2, -0.15) is 0 Å². The molecule has 17 heavy (non-hydrogen) atoms. The molecule has 2 heterocycles. The lowest BCUT2D eigenvalue weighted by Gasteiger charge is -2.46. The zero-order chi connectivity index (χ0) is 12.0. The molecule has 0 radical (unpaired) electrons. The van der Waals surface area contributed by atoms with Crippen LogP contribution in [0.4, 0.5) is 9.59 Å². The maximum atomic E-state index is 11.6. The van der Waals surface area contributed by atoms with Crippen LogP contribution in [0.2, 0.25) is 0 Å². The Morgan fingerprint density at radius 1 is 1.53 bits per heavy atom. The number of carbonyl (C=O) groups excluding carboxylic acids is 2. The third-order valence-electron chi connectivity index (χ3n) is 3.43. The molecule has 0 bridgehead atoms. The first-order valence-corrected chi connectivity index (χ1v) is 5.65. The van der Waals surface area contributed by atoms with E-state index in [4.69, 9.17) is 14.6 Å². The monoisotopic (exact) mass is 242 g/mol. The summed E-state index contributed by atoms with van der Waals surface area (Å²) in [5.74, 6) is 0. The molecule has 2 amide bonds. The van der Waals surface area contributed by atoms with E-state index in [1.54, 1.807) is 0 Å². The van der Waals surface area contributed by atoms with Crippen LogP contribution in [0.5, 0.6) is 0 Å². The van der Waals surface area contributed by atoms with Crippen LogP contribution in [-0.2, 0) is 9.47 Å². The van der Waals surface area contributed by atoms with Gasteiger partial charge in [0.15, 0.2) is 0 Å². The van der Waals surface area contributed by atoms with Crippen molar-refractivity contribution in [3.8, 4) is 0 Å². The highest BCUT2D eigenvalue weighted by Gasteiger charge is 2.52. The maximum Gasteiger partial charge on any atom is 0.410 e. The van der Waals surface area contributed by atoms with Crippen LogP contribution >= 0.6 is 0 Å². The molecule has 3 aliphatic rings.